The van der Waals surface area contributed by atoms with Crippen molar-refractivity contribution in [1.82, 2.24) is 0 Å². The summed E-state index contributed by atoms with van der Waals surface area (Å²) < 4.78 is 153. The van der Waals surface area contributed by atoms with Gasteiger partial charge in [0.05, 0.1) is 44.1 Å². The molecule has 31 atom stereocenters. The Balaban J connectivity index is 0.00000567. The second kappa shape index (κ2) is 30.3. The van der Waals surface area contributed by atoms with Crippen LogP contribution in [0.25, 0.3) is 0 Å². The molecule has 0 aromatic heterocycles. The standard InChI is InChI=1S/C59H94O31S2.2Na/c1-25(2)11-10-17-58(8)34-15-19-57(7)28-12-13-33-55(4,5)35(16-18-56(33,6)27(28)14-20-59(34,57)54(70)89-58)84-52-47(39(65)32(23-79-52)90-92(74,75)76)88-53-48(87-49-40(66)36(62)29(61)22-78-49)41(67)44(26(3)81-53)85-51-43(69)46(38(64)31(83-51)24-80-91(71,72)73)86-50-42(68)45(77-9)37(63)30(21-60)82-50;;/h11-12,26-27,29-53,60-69H,10,13-24H2,1-9H3,(H,71,72,73)(H,74,75,76);;/q;2*+1/p-2/t26?,27?,29-,30?,31?,32-,33+,34-,35+,36?,37-,38-,39?,40?,41?,42?,43?,44-,45?,46?,47?,48?,49+,50+,51+,52+,53+,56-,57+,58+,59?;;/m1../s1. The fourth-order valence-electron chi connectivity index (χ4n) is 17.5. The van der Waals surface area contributed by atoms with Gasteiger partial charge in [-0.15, -0.1) is 0 Å². The van der Waals surface area contributed by atoms with Crippen LogP contribution in [0.5, 0.6) is 0 Å². The zero-order valence-electron chi connectivity index (χ0n) is 54.8. The molecule has 6 saturated heterocycles. The maximum absolute atomic E-state index is 14.5. The topological polar surface area (TPSA) is 463 Å². The molecule has 10 rings (SSSR count). The molecule has 10 N–H and O–H groups in total. The van der Waals surface area contributed by atoms with Crippen molar-refractivity contribution >= 4 is 26.8 Å². The van der Waals surface area contributed by atoms with Gasteiger partial charge in [0.15, 0.2) is 31.5 Å². The van der Waals surface area contributed by atoms with Crippen LogP contribution in [-0.2, 0) is 90.8 Å². The van der Waals surface area contributed by atoms with E-state index in [1.807, 2.05) is 0 Å². The Morgan fingerprint density at radius 1 is 0.649 bits per heavy atom. The summed E-state index contributed by atoms with van der Waals surface area (Å²) in [5.41, 5.74) is -0.190. The third-order valence-electron chi connectivity index (χ3n) is 22.2. The van der Waals surface area contributed by atoms with E-state index >= 15 is 0 Å². The molecule has 4 aliphatic carbocycles. The Morgan fingerprint density at radius 2 is 1.26 bits per heavy atom. The van der Waals surface area contributed by atoms with E-state index in [1.54, 1.807) is 0 Å². The van der Waals surface area contributed by atoms with Gasteiger partial charge in [-0.25, -0.2) is 16.8 Å². The quantitative estimate of drug-likeness (QED) is 0.0178. The molecule has 94 heavy (non-hydrogen) atoms. The van der Waals surface area contributed by atoms with E-state index in [1.165, 1.54) is 18.1 Å². The van der Waals surface area contributed by atoms with Crippen LogP contribution in [0.15, 0.2) is 23.3 Å². The molecule has 0 aromatic carbocycles. The van der Waals surface area contributed by atoms with Crippen LogP contribution in [0.4, 0.5) is 0 Å². The third-order valence-corrected chi connectivity index (χ3v) is 23.2. The smallest absolute Gasteiger partial charge is 0.726 e. The summed E-state index contributed by atoms with van der Waals surface area (Å²) >= 11 is 0. The second-order valence-corrected chi connectivity index (χ2v) is 30.2. The van der Waals surface area contributed by atoms with Crippen LogP contribution in [0.2, 0.25) is 0 Å². The number of carbonyl (C=O) groups is 1. The van der Waals surface area contributed by atoms with Gasteiger partial charge in [-0.1, -0.05) is 51.0 Å². The Bertz CT molecular complexity index is 2910. The number of ether oxygens (including phenoxy) is 12. The van der Waals surface area contributed by atoms with Gasteiger partial charge in [-0.05, 0) is 108 Å². The van der Waals surface area contributed by atoms with E-state index in [4.69, 9.17) is 61.0 Å². The number of cyclic esters (lactones) is 1. The maximum atomic E-state index is 14.5. The van der Waals surface area contributed by atoms with Crippen molar-refractivity contribution in [2.75, 3.05) is 33.5 Å². The SMILES string of the molecule is COC1C(O)[C@H](OC2C(O)[C@H](O[C@@H]3C(C)O[C@@H](OC4C(O)[C@H](OS(=O)(=O)[O-])CO[C@H]4O[C@H]4CC[C@]5(C)C6CCC78C(=O)O[C@@](C)(CCC=C(C)C)[C@H]7CC[C@@]8(C)C6=CC[C@H]5C4(C)C)C(O[C@@H]4OC[C@@H](O)C(O)C4O)C3O)OC(COS(=O)(=O)[O-])[C@H]2O)OC(CO)[C@H]1O.[Na+].[Na+]. The summed E-state index contributed by atoms with van der Waals surface area (Å²) in [4.78, 5) is 14.5. The molecule has 15 unspecified atom stereocenters. The number of carbonyl (C=O) groups excluding carboxylic acids is 1. The van der Waals surface area contributed by atoms with E-state index in [-0.39, 0.29) is 88.3 Å². The van der Waals surface area contributed by atoms with Crippen LogP contribution in [0.1, 0.15) is 113 Å². The average Bonchev–Trinajstić information content (AvgIpc) is 1.45. The predicted octanol–water partition coefficient (Wildman–Crippen LogP) is -7.95. The molecular formula is C59H92Na2O31S2. The Kier molecular flexibility index (Phi) is 25.6. The molecule has 0 bridgehead atoms. The molecule has 3 saturated carbocycles. The molecule has 0 aromatic rings. The molecule has 0 radical (unpaired) electrons. The number of esters is 1. The van der Waals surface area contributed by atoms with Gasteiger partial charge >= 0.3 is 65.1 Å². The number of hydrogen-bond acceptors (Lipinski definition) is 31. The molecule has 9 fully saturated rings. The van der Waals surface area contributed by atoms with E-state index in [0.29, 0.717) is 25.7 Å². The number of rotatable bonds is 20. The molecular weight excluding hydrogens is 1310 g/mol. The first-order valence-electron chi connectivity index (χ1n) is 31.5. The molecule has 10 aliphatic rings. The van der Waals surface area contributed by atoms with Crippen molar-refractivity contribution in [2.45, 2.75) is 266 Å². The van der Waals surface area contributed by atoms with Crippen molar-refractivity contribution < 1.29 is 206 Å². The number of hydrogen-bond donors (Lipinski definition) is 10. The molecule has 1 spiro atoms. The van der Waals surface area contributed by atoms with Gasteiger partial charge < -0.3 is 117 Å². The van der Waals surface area contributed by atoms with Crippen molar-refractivity contribution in [2.24, 2.45) is 39.4 Å². The van der Waals surface area contributed by atoms with Crippen LogP contribution >= 0.6 is 0 Å². The Hall–Kier alpha value is -0.150. The number of fused-ring (bicyclic) bond motifs is 4. The van der Waals surface area contributed by atoms with Gasteiger partial charge in [0, 0.05) is 18.4 Å². The third kappa shape index (κ3) is 15.0. The Morgan fingerprint density at radius 3 is 1.89 bits per heavy atom. The number of aliphatic hydroxyl groups excluding tert-OH is 10. The van der Waals surface area contributed by atoms with Gasteiger partial charge in [0.2, 0.25) is 20.8 Å². The van der Waals surface area contributed by atoms with E-state index in [9.17, 15) is 81.8 Å². The minimum absolute atomic E-state index is 0. The first-order valence-corrected chi connectivity index (χ1v) is 34.2. The number of allylic oxidation sites excluding steroid dienone is 4. The van der Waals surface area contributed by atoms with Crippen LogP contribution in [0.3, 0.4) is 0 Å². The zero-order chi connectivity index (χ0) is 67.3. The van der Waals surface area contributed by atoms with Crippen LogP contribution in [-0.4, -0.2) is 270 Å². The van der Waals surface area contributed by atoms with Gasteiger partial charge in [-0.3, -0.25) is 13.2 Å². The second-order valence-electron chi connectivity index (χ2n) is 28.2. The first-order chi connectivity index (χ1) is 42.9. The summed E-state index contributed by atoms with van der Waals surface area (Å²) in [6.45, 7) is 12.7. The van der Waals surface area contributed by atoms with Crippen molar-refractivity contribution in [3.8, 4) is 0 Å². The molecule has 35 heteroatoms. The van der Waals surface area contributed by atoms with E-state index < -0.39 is 216 Å². The molecule has 528 valence electrons. The fraction of sp³-hybridized carbons (Fsp3) is 0.915. The van der Waals surface area contributed by atoms with Gasteiger partial charge in [0.1, 0.15) is 109 Å². The molecule has 0 amide bonds. The van der Waals surface area contributed by atoms with E-state index in [2.05, 4.69) is 64.8 Å². The summed E-state index contributed by atoms with van der Waals surface area (Å²) in [5.74, 6) is 0.00805. The maximum Gasteiger partial charge on any atom is 1.00 e. The monoisotopic (exact) mass is 1410 g/mol. The summed E-state index contributed by atoms with van der Waals surface area (Å²) in [5, 5.41) is 112. The first kappa shape index (κ1) is 79.6. The Labute approximate surface area is 591 Å². The fourth-order valence-corrected chi connectivity index (χ4v) is 18.2. The minimum atomic E-state index is -5.55. The number of methoxy groups -OCH3 is 1. The van der Waals surface area contributed by atoms with Crippen LogP contribution in [0, 0.1) is 39.4 Å². The summed E-state index contributed by atoms with van der Waals surface area (Å²) in [6.07, 6.45) is -33.5. The molecule has 6 heterocycles. The van der Waals surface area contributed by atoms with Crippen molar-refractivity contribution in [3.05, 3.63) is 23.3 Å². The molecule has 6 aliphatic heterocycles. The molecule has 31 nitrogen and oxygen atoms in total. The minimum Gasteiger partial charge on any atom is -0.726 e. The average molecular weight is 1410 g/mol. The van der Waals surface area contributed by atoms with E-state index in [0.717, 1.165) is 39.2 Å². The van der Waals surface area contributed by atoms with Gasteiger partial charge in [-0.2, -0.15) is 0 Å². The van der Waals surface area contributed by atoms with Crippen molar-refractivity contribution in [3.63, 3.8) is 0 Å². The zero-order valence-corrected chi connectivity index (χ0v) is 60.4. The summed E-state index contributed by atoms with van der Waals surface area (Å²) in [6, 6.07) is 0. The largest absolute Gasteiger partial charge is 1.00 e. The van der Waals surface area contributed by atoms with Gasteiger partial charge in [0.25, 0.3) is 0 Å². The number of aliphatic hydroxyl groups is 10. The van der Waals surface area contributed by atoms with Crippen LogP contribution < -0.4 is 59.1 Å². The normalized spacial score (nSPS) is 48.5. The summed E-state index contributed by atoms with van der Waals surface area (Å²) in [7, 11) is -9.94. The van der Waals surface area contributed by atoms with Crippen molar-refractivity contribution in [1.29, 1.82) is 0 Å². The predicted molar refractivity (Wildman–Crippen MR) is 304 cm³/mol.